The molecule has 0 aliphatic heterocycles. The molecule has 1 fully saturated rings. The Hall–Kier alpha value is -1.49. The summed E-state index contributed by atoms with van der Waals surface area (Å²) in [5.41, 5.74) is -0.305. The van der Waals surface area contributed by atoms with Crippen LogP contribution in [0, 0.1) is 0 Å². The van der Waals surface area contributed by atoms with Crippen LogP contribution in [0.25, 0.3) is 0 Å². The van der Waals surface area contributed by atoms with Crippen LogP contribution in [0.1, 0.15) is 31.2 Å². The van der Waals surface area contributed by atoms with Crippen molar-refractivity contribution in [1.82, 2.24) is 9.97 Å². The third-order valence-corrected chi connectivity index (χ3v) is 2.98. The molecular weight excluding hydrogens is 208 g/mol. The predicted octanol–water partition coefficient (Wildman–Crippen LogP) is 0.816. The van der Waals surface area contributed by atoms with Crippen molar-refractivity contribution in [1.29, 1.82) is 0 Å². The molecule has 86 valence electrons. The lowest BCUT2D eigenvalue weighted by Crippen LogP contribution is -2.31. The zero-order valence-corrected chi connectivity index (χ0v) is 9.14. The molecule has 0 amide bonds. The number of hydrogen-bond acceptors (Lipinski definition) is 5. The highest BCUT2D eigenvalue weighted by atomic mass is 16.5. The van der Waals surface area contributed by atoms with E-state index < -0.39 is 5.60 Å². The molecule has 0 aromatic carbocycles. The summed E-state index contributed by atoms with van der Waals surface area (Å²) in [7, 11) is 1.49. The summed E-state index contributed by atoms with van der Waals surface area (Å²) in [4.78, 5) is 19.0. The number of ether oxygens (including phenoxy) is 1. The second kappa shape index (κ2) is 4.17. The molecule has 0 atom stereocenters. The van der Waals surface area contributed by atoms with E-state index in [1.165, 1.54) is 7.11 Å². The topological polar surface area (TPSA) is 72.3 Å². The molecule has 0 radical (unpaired) electrons. The van der Waals surface area contributed by atoms with Crippen LogP contribution >= 0.6 is 0 Å². The van der Waals surface area contributed by atoms with E-state index in [9.17, 15) is 9.90 Å². The normalized spacial score (nSPS) is 19.5. The highest BCUT2D eigenvalue weighted by Crippen LogP contribution is 2.35. The van der Waals surface area contributed by atoms with Crippen LogP contribution in [0.15, 0.2) is 12.4 Å². The Morgan fingerprint density at radius 3 is 2.38 bits per heavy atom. The smallest absolute Gasteiger partial charge is 0.316 e. The van der Waals surface area contributed by atoms with Crippen molar-refractivity contribution in [3.8, 4) is 6.01 Å². The number of carbonyl (C=O) groups excluding carboxylic acids is 1. The van der Waals surface area contributed by atoms with Crippen LogP contribution in [-0.2, 0) is 10.4 Å². The summed E-state index contributed by atoms with van der Waals surface area (Å²) >= 11 is 0. The molecule has 1 aromatic heterocycles. The second-order valence-corrected chi connectivity index (χ2v) is 4.03. The van der Waals surface area contributed by atoms with E-state index in [1.54, 1.807) is 12.4 Å². The Morgan fingerprint density at radius 1 is 1.31 bits per heavy atom. The summed E-state index contributed by atoms with van der Waals surface area (Å²) in [6.45, 7) is 0. The average Bonchev–Trinajstić information content (AvgIpc) is 2.33. The van der Waals surface area contributed by atoms with E-state index >= 15 is 0 Å². The molecule has 2 rings (SSSR count). The SMILES string of the molecule is COc1ncc(C2(O)CCC(=O)CC2)cn1. The van der Waals surface area contributed by atoms with Gasteiger partial charge >= 0.3 is 6.01 Å². The molecule has 16 heavy (non-hydrogen) atoms. The first-order chi connectivity index (χ1) is 7.64. The molecule has 0 bridgehead atoms. The molecule has 0 spiro atoms. The number of aromatic nitrogens is 2. The van der Waals surface area contributed by atoms with Gasteiger partial charge in [-0.05, 0) is 12.8 Å². The lowest BCUT2D eigenvalue weighted by molar-refractivity contribution is -0.125. The zero-order valence-electron chi connectivity index (χ0n) is 9.14. The first-order valence-corrected chi connectivity index (χ1v) is 5.25. The van der Waals surface area contributed by atoms with Crippen molar-refractivity contribution in [2.24, 2.45) is 0 Å². The number of Topliss-reactive ketones (excluding diaryl/α,β-unsaturated/α-hetero) is 1. The van der Waals surface area contributed by atoms with Gasteiger partial charge < -0.3 is 9.84 Å². The minimum absolute atomic E-state index is 0.208. The quantitative estimate of drug-likeness (QED) is 0.801. The predicted molar refractivity (Wildman–Crippen MR) is 56.0 cm³/mol. The van der Waals surface area contributed by atoms with Crippen molar-refractivity contribution in [2.75, 3.05) is 7.11 Å². The molecular formula is C11H14N2O3. The van der Waals surface area contributed by atoms with E-state index in [0.29, 0.717) is 31.2 Å². The Labute approximate surface area is 93.5 Å². The molecule has 1 saturated carbocycles. The zero-order chi connectivity index (χ0) is 11.6. The van der Waals surface area contributed by atoms with Crippen LogP contribution in [-0.4, -0.2) is 28.0 Å². The van der Waals surface area contributed by atoms with E-state index in [4.69, 9.17) is 4.74 Å². The molecule has 1 N–H and O–H groups in total. The number of nitrogens with zero attached hydrogens (tertiary/aromatic N) is 2. The molecule has 0 unspecified atom stereocenters. The number of rotatable bonds is 2. The van der Waals surface area contributed by atoms with Crippen molar-refractivity contribution < 1.29 is 14.6 Å². The van der Waals surface area contributed by atoms with Gasteiger partial charge in [0.05, 0.1) is 12.7 Å². The van der Waals surface area contributed by atoms with Gasteiger partial charge in [-0.15, -0.1) is 0 Å². The third kappa shape index (κ3) is 2.04. The first kappa shape index (κ1) is 11.0. The Bertz CT molecular complexity index is 379. The fourth-order valence-corrected chi connectivity index (χ4v) is 1.89. The van der Waals surface area contributed by atoms with Crippen molar-refractivity contribution >= 4 is 5.78 Å². The highest BCUT2D eigenvalue weighted by Gasteiger charge is 2.34. The van der Waals surface area contributed by atoms with Gasteiger partial charge in [0.25, 0.3) is 0 Å². The van der Waals surface area contributed by atoms with Gasteiger partial charge in [-0.2, -0.15) is 0 Å². The van der Waals surface area contributed by atoms with Crippen molar-refractivity contribution in [3.63, 3.8) is 0 Å². The van der Waals surface area contributed by atoms with E-state index in [0.717, 1.165) is 0 Å². The number of methoxy groups -OCH3 is 1. The monoisotopic (exact) mass is 222 g/mol. The summed E-state index contributed by atoms with van der Waals surface area (Å²) < 4.78 is 4.85. The first-order valence-electron chi connectivity index (χ1n) is 5.25. The molecule has 1 aliphatic carbocycles. The number of aliphatic hydroxyl groups is 1. The maximum Gasteiger partial charge on any atom is 0.316 e. The lowest BCUT2D eigenvalue weighted by Gasteiger charge is -2.31. The van der Waals surface area contributed by atoms with Gasteiger partial charge in [0.15, 0.2) is 0 Å². The molecule has 1 heterocycles. The Kier molecular flexibility index (Phi) is 2.87. The maximum atomic E-state index is 11.1. The van der Waals surface area contributed by atoms with Gasteiger partial charge in [-0.1, -0.05) is 0 Å². The number of ketones is 1. The fraction of sp³-hybridized carbons (Fsp3) is 0.545. The molecule has 1 aliphatic rings. The van der Waals surface area contributed by atoms with Crippen LogP contribution in [0.5, 0.6) is 6.01 Å². The molecule has 5 heteroatoms. The van der Waals surface area contributed by atoms with Crippen molar-refractivity contribution in [2.45, 2.75) is 31.3 Å². The largest absolute Gasteiger partial charge is 0.467 e. The van der Waals surface area contributed by atoms with E-state index in [-0.39, 0.29) is 11.8 Å². The highest BCUT2D eigenvalue weighted by molar-refractivity contribution is 5.79. The number of carbonyl (C=O) groups is 1. The average molecular weight is 222 g/mol. The second-order valence-electron chi connectivity index (χ2n) is 4.03. The molecule has 5 nitrogen and oxygen atoms in total. The Balaban J connectivity index is 2.19. The minimum Gasteiger partial charge on any atom is -0.467 e. The summed E-state index contributed by atoms with van der Waals surface area (Å²) in [6, 6.07) is 0.277. The fourth-order valence-electron chi connectivity index (χ4n) is 1.89. The van der Waals surface area contributed by atoms with Gasteiger partial charge in [0.2, 0.25) is 0 Å². The van der Waals surface area contributed by atoms with Crippen LogP contribution in [0.3, 0.4) is 0 Å². The van der Waals surface area contributed by atoms with Crippen molar-refractivity contribution in [3.05, 3.63) is 18.0 Å². The summed E-state index contributed by atoms with van der Waals surface area (Å²) in [5.74, 6) is 0.208. The summed E-state index contributed by atoms with van der Waals surface area (Å²) in [5, 5.41) is 10.4. The summed E-state index contributed by atoms with van der Waals surface area (Å²) in [6.07, 6.45) is 4.84. The minimum atomic E-state index is -0.958. The van der Waals surface area contributed by atoms with Crippen LogP contribution < -0.4 is 4.74 Å². The standard InChI is InChI=1S/C11H14N2O3/c1-16-10-12-6-8(7-13-10)11(15)4-2-9(14)3-5-11/h6-7,15H,2-5H2,1H3. The van der Waals surface area contributed by atoms with Gasteiger partial charge in [-0.3, -0.25) is 4.79 Å². The lowest BCUT2D eigenvalue weighted by atomic mass is 9.80. The Morgan fingerprint density at radius 2 is 1.88 bits per heavy atom. The third-order valence-electron chi connectivity index (χ3n) is 2.98. The van der Waals surface area contributed by atoms with Crippen LogP contribution in [0.2, 0.25) is 0 Å². The maximum absolute atomic E-state index is 11.1. The molecule has 1 aromatic rings. The van der Waals surface area contributed by atoms with E-state index in [2.05, 4.69) is 9.97 Å². The van der Waals surface area contributed by atoms with Gasteiger partial charge in [-0.25, -0.2) is 9.97 Å². The van der Waals surface area contributed by atoms with Gasteiger partial charge in [0, 0.05) is 30.8 Å². The molecule has 0 saturated heterocycles. The van der Waals surface area contributed by atoms with Crippen LogP contribution in [0.4, 0.5) is 0 Å². The van der Waals surface area contributed by atoms with E-state index in [1.807, 2.05) is 0 Å². The van der Waals surface area contributed by atoms with Gasteiger partial charge in [0.1, 0.15) is 5.78 Å². The number of hydrogen-bond donors (Lipinski definition) is 1.